The zero-order chi connectivity index (χ0) is 20.5. The summed E-state index contributed by atoms with van der Waals surface area (Å²) in [6.07, 6.45) is -0.0748. The van der Waals surface area contributed by atoms with Crippen LogP contribution in [0.2, 0.25) is 0 Å². The first kappa shape index (κ1) is 19.6. The van der Waals surface area contributed by atoms with Gasteiger partial charge in [-0.25, -0.2) is 13.2 Å². The van der Waals surface area contributed by atoms with Crippen LogP contribution in [0.4, 0.5) is 11.4 Å². The van der Waals surface area contributed by atoms with Gasteiger partial charge in [0.05, 0.1) is 21.8 Å². The van der Waals surface area contributed by atoms with Crippen LogP contribution in [0.5, 0.6) is 0 Å². The van der Waals surface area contributed by atoms with E-state index in [0.29, 0.717) is 11.4 Å². The molecule has 9 heteroatoms. The molecule has 3 rings (SSSR count). The molecule has 28 heavy (non-hydrogen) atoms. The standard InChI is InChI=1S/C19H18N2O6S/c1-12(27-19(24)13-7-9-14(10-8-13)28(2,25)26)18(23)21-11-17(22)20-15-5-3-4-6-16(15)21/h3-10,12H,11H2,1-2H3,(H,20,22)/t12-/m1/s1. The summed E-state index contributed by atoms with van der Waals surface area (Å²) in [5, 5.41) is 2.68. The molecule has 0 fully saturated rings. The van der Waals surface area contributed by atoms with Crippen LogP contribution in [-0.4, -0.2) is 45.1 Å². The number of carbonyl (C=O) groups excluding carboxylic acids is 3. The fourth-order valence-corrected chi connectivity index (χ4v) is 3.40. The fraction of sp³-hybridized carbons (Fsp3) is 0.211. The third kappa shape index (κ3) is 4.04. The normalized spacial score (nSPS) is 14.6. The molecule has 0 radical (unpaired) electrons. The third-order valence-corrected chi connectivity index (χ3v) is 5.31. The number of nitrogens with zero attached hydrogens (tertiary/aromatic N) is 1. The first-order valence-electron chi connectivity index (χ1n) is 8.38. The van der Waals surface area contributed by atoms with E-state index in [2.05, 4.69) is 5.32 Å². The number of amides is 2. The Morgan fingerprint density at radius 2 is 1.75 bits per heavy atom. The molecular weight excluding hydrogens is 384 g/mol. The lowest BCUT2D eigenvalue weighted by Crippen LogP contribution is -2.47. The molecule has 2 amide bonds. The van der Waals surface area contributed by atoms with Crippen LogP contribution in [0.3, 0.4) is 0 Å². The van der Waals surface area contributed by atoms with Crippen molar-refractivity contribution < 1.29 is 27.5 Å². The lowest BCUT2D eigenvalue weighted by atomic mass is 10.1. The Kier molecular flexibility index (Phi) is 5.19. The monoisotopic (exact) mass is 402 g/mol. The number of carbonyl (C=O) groups is 3. The molecule has 8 nitrogen and oxygen atoms in total. The minimum Gasteiger partial charge on any atom is -0.449 e. The number of esters is 1. The largest absolute Gasteiger partial charge is 0.449 e. The molecule has 1 heterocycles. The molecule has 0 saturated heterocycles. The van der Waals surface area contributed by atoms with Crippen molar-refractivity contribution in [2.45, 2.75) is 17.9 Å². The minimum absolute atomic E-state index is 0.0733. The first-order valence-corrected chi connectivity index (χ1v) is 10.3. The maximum absolute atomic E-state index is 12.7. The number of sulfone groups is 1. The molecule has 1 atom stereocenters. The molecule has 1 aliphatic heterocycles. The summed E-state index contributed by atoms with van der Waals surface area (Å²) >= 11 is 0. The van der Waals surface area contributed by atoms with Crippen LogP contribution >= 0.6 is 0 Å². The Morgan fingerprint density at radius 1 is 1.11 bits per heavy atom. The number of benzene rings is 2. The fourth-order valence-electron chi connectivity index (χ4n) is 2.77. The van der Waals surface area contributed by atoms with Crippen molar-refractivity contribution >= 4 is 39.0 Å². The van der Waals surface area contributed by atoms with Crippen molar-refractivity contribution in [2.24, 2.45) is 0 Å². The maximum Gasteiger partial charge on any atom is 0.338 e. The van der Waals surface area contributed by atoms with Gasteiger partial charge in [0.2, 0.25) is 5.91 Å². The molecule has 1 N–H and O–H groups in total. The molecule has 1 aliphatic rings. The van der Waals surface area contributed by atoms with Gasteiger partial charge < -0.3 is 10.1 Å². The Morgan fingerprint density at radius 3 is 2.39 bits per heavy atom. The number of nitrogens with one attached hydrogen (secondary N) is 1. The van der Waals surface area contributed by atoms with Gasteiger partial charge in [-0.05, 0) is 43.3 Å². The highest BCUT2D eigenvalue weighted by molar-refractivity contribution is 7.90. The van der Waals surface area contributed by atoms with Gasteiger partial charge in [-0.3, -0.25) is 14.5 Å². The Balaban J connectivity index is 1.74. The molecule has 0 aromatic heterocycles. The van der Waals surface area contributed by atoms with Gasteiger partial charge in [-0.1, -0.05) is 12.1 Å². The predicted molar refractivity (Wildman–Crippen MR) is 102 cm³/mol. The lowest BCUT2D eigenvalue weighted by Gasteiger charge is -2.30. The van der Waals surface area contributed by atoms with Crippen molar-refractivity contribution in [2.75, 3.05) is 23.0 Å². The van der Waals surface area contributed by atoms with E-state index in [0.717, 1.165) is 6.26 Å². The summed E-state index contributed by atoms with van der Waals surface area (Å²) in [4.78, 5) is 38.2. The predicted octanol–water partition coefficient (Wildman–Crippen LogP) is 1.62. The number of fused-ring (bicyclic) bond motifs is 1. The highest BCUT2D eigenvalue weighted by atomic mass is 32.2. The average molecular weight is 402 g/mol. The topological polar surface area (TPSA) is 110 Å². The highest BCUT2D eigenvalue weighted by Crippen LogP contribution is 2.29. The Bertz CT molecular complexity index is 1050. The van der Waals surface area contributed by atoms with Gasteiger partial charge in [-0.2, -0.15) is 0 Å². The van der Waals surface area contributed by atoms with Gasteiger partial charge in [0.25, 0.3) is 5.91 Å². The third-order valence-electron chi connectivity index (χ3n) is 4.19. The number of rotatable bonds is 4. The number of para-hydroxylation sites is 2. The van der Waals surface area contributed by atoms with Crippen molar-refractivity contribution in [1.82, 2.24) is 0 Å². The highest BCUT2D eigenvalue weighted by Gasteiger charge is 2.31. The van der Waals surface area contributed by atoms with Gasteiger partial charge in [0.1, 0.15) is 6.54 Å². The molecule has 146 valence electrons. The second-order valence-corrected chi connectivity index (χ2v) is 8.35. The quantitative estimate of drug-likeness (QED) is 0.779. The van der Waals surface area contributed by atoms with E-state index >= 15 is 0 Å². The van der Waals surface area contributed by atoms with Crippen LogP contribution in [0, 0.1) is 0 Å². The zero-order valence-electron chi connectivity index (χ0n) is 15.2. The maximum atomic E-state index is 12.7. The average Bonchev–Trinajstić information content (AvgIpc) is 2.66. The van der Waals surface area contributed by atoms with Crippen molar-refractivity contribution in [1.29, 1.82) is 0 Å². The molecular formula is C19H18N2O6S. The second kappa shape index (κ2) is 7.43. The van der Waals surface area contributed by atoms with Crippen LogP contribution < -0.4 is 10.2 Å². The van der Waals surface area contributed by atoms with E-state index in [-0.39, 0.29) is 22.9 Å². The lowest BCUT2D eigenvalue weighted by molar-refractivity contribution is -0.128. The van der Waals surface area contributed by atoms with Crippen molar-refractivity contribution in [3.63, 3.8) is 0 Å². The van der Waals surface area contributed by atoms with Crippen LogP contribution in [0.15, 0.2) is 53.4 Å². The molecule has 0 bridgehead atoms. The molecule has 0 unspecified atom stereocenters. The van der Waals surface area contributed by atoms with Crippen molar-refractivity contribution in [3.8, 4) is 0 Å². The Labute approximate surface area is 162 Å². The summed E-state index contributed by atoms with van der Waals surface area (Å²) < 4.78 is 28.2. The smallest absolute Gasteiger partial charge is 0.338 e. The number of hydrogen-bond donors (Lipinski definition) is 1. The van der Waals surface area contributed by atoms with Crippen LogP contribution in [-0.2, 0) is 24.2 Å². The summed E-state index contributed by atoms with van der Waals surface area (Å²) in [5.41, 5.74) is 1.14. The molecule has 2 aromatic carbocycles. The van der Waals surface area contributed by atoms with E-state index in [1.807, 2.05) is 0 Å². The van der Waals surface area contributed by atoms with Crippen molar-refractivity contribution in [3.05, 3.63) is 54.1 Å². The summed E-state index contributed by atoms with van der Waals surface area (Å²) in [7, 11) is -3.38. The van der Waals surface area contributed by atoms with E-state index in [1.165, 1.54) is 36.1 Å². The SMILES string of the molecule is C[C@@H](OC(=O)c1ccc(S(C)(=O)=O)cc1)C(=O)N1CC(=O)Nc2ccccc21. The Hall–Kier alpha value is -3.20. The number of hydrogen-bond acceptors (Lipinski definition) is 6. The van der Waals surface area contributed by atoms with Crippen LogP contribution in [0.1, 0.15) is 17.3 Å². The second-order valence-electron chi connectivity index (χ2n) is 6.33. The number of ether oxygens (including phenoxy) is 1. The van der Waals surface area contributed by atoms with Crippen LogP contribution in [0.25, 0.3) is 0 Å². The zero-order valence-corrected chi connectivity index (χ0v) is 16.0. The van der Waals surface area contributed by atoms with Gasteiger partial charge in [-0.15, -0.1) is 0 Å². The van der Waals surface area contributed by atoms with Gasteiger partial charge in [0.15, 0.2) is 15.9 Å². The summed E-state index contributed by atoms with van der Waals surface area (Å²) in [6, 6.07) is 12.1. The van der Waals surface area contributed by atoms with E-state index in [4.69, 9.17) is 4.74 Å². The summed E-state index contributed by atoms with van der Waals surface area (Å²) in [5.74, 6) is -1.65. The molecule has 0 spiro atoms. The molecule has 0 aliphatic carbocycles. The first-order chi connectivity index (χ1) is 13.2. The number of anilines is 2. The van der Waals surface area contributed by atoms with E-state index < -0.39 is 27.8 Å². The van der Waals surface area contributed by atoms with Gasteiger partial charge >= 0.3 is 5.97 Å². The summed E-state index contributed by atoms with van der Waals surface area (Å²) in [6.45, 7) is 1.24. The van der Waals surface area contributed by atoms with Gasteiger partial charge in [0, 0.05) is 6.26 Å². The molecule has 0 saturated carbocycles. The minimum atomic E-state index is -3.38. The molecule has 2 aromatic rings. The van der Waals surface area contributed by atoms with E-state index in [1.54, 1.807) is 24.3 Å². The van der Waals surface area contributed by atoms with E-state index in [9.17, 15) is 22.8 Å².